The summed E-state index contributed by atoms with van der Waals surface area (Å²) in [6.45, 7) is 12.2. The SMILES string of the molecule is C=CC(C=C(C)C=CC)=C(C=CC)CC. The summed E-state index contributed by atoms with van der Waals surface area (Å²) in [6.07, 6.45) is 13.5. The fourth-order valence-corrected chi connectivity index (χ4v) is 1.46. The Morgan fingerprint density at radius 2 is 1.73 bits per heavy atom. The molecule has 0 saturated heterocycles. The largest absolute Gasteiger partial charge is 0.0985 e. The van der Waals surface area contributed by atoms with Crippen molar-refractivity contribution in [1.29, 1.82) is 0 Å². The van der Waals surface area contributed by atoms with Gasteiger partial charge in [-0.15, -0.1) is 0 Å². The maximum Gasteiger partial charge on any atom is -0.0228 e. The molecule has 0 aromatic carbocycles. The van der Waals surface area contributed by atoms with Crippen LogP contribution in [0.2, 0.25) is 0 Å². The van der Waals surface area contributed by atoms with Crippen molar-refractivity contribution in [1.82, 2.24) is 0 Å². The van der Waals surface area contributed by atoms with Gasteiger partial charge < -0.3 is 0 Å². The van der Waals surface area contributed by atoms with Gasteiger partial charge in [-0.05, 0) is 38.3 Å². The molecule has 0 fully saturated rings. The second-order valence-electron chi connectivity index (χ2n) is 3.43. The first kappa shape index (κ1) is 13.7. The fraction of sp³-hybridized carbons (Fsp3) is 0.333. The molecule has 82 valence electrons. The topological polar surface area (TPSA) is 0 Å². The predicted molar refractivity (Wildman–Crippen MR) is 70.9 cm³/mol. The molecular formula is C15H22. The Labute approximate surface area is 94.4 Å². The Morgan fingerprint density at radius 1 is 1.13 bits per heavy atom. The van der Waals surface area contributed by atoms with E-state index in [4.69, 9.17) is 0 Å². The molecule has 0 unspecified atom stereocenters. The molecule has 0 aliphatic carbocycles. The van der Waals surface area contributed by atoms with Gasteiger partial charge in [-0.25, -0.2) is 0 Å². The highest BCUT2D eigenvalue weighted by Crippen LogP contribution is 2.15. The van der Waals surface area contributed by atoms with Crippen LogP contribution in [-0.2, 0) is 0 Å². The van der Waals surface area contributed by atoms with Gasteiger partial charge in [0.2, 0.25) is 0 Å². The second kappa shape index (κ2) is 8.05. The van der Waals surface area contributed by atoms with Gasteiger partial charge in [-0.2, -0.15) is 0 Å². The lowest BCUT2D eigenvalue weighted by Crippen LogP contribution is -1.83. The van der Waals surface area contributed by atoms with E-state index >= 15 is 0 Å². The van der Waals surface area contributed by atoms with Gasteiger partial charge in [0.25, 0.3) is 0 Å². The van der Waals surface area contributed by atoms with Gasteiger partial charge in [0.1, 0.15) is 0 Å². The quantitative estimate of drug-likeness (QED) is 0.552. The van der Waals surface area contributed by atoms with Crippen LogP contribution in [0.5, 0.6) is 0 Å². The third-order valence-electron chi connectivity index (χ3n) is 2.15. The highest BCUT2D eigenvalue weighted by molar-refractivity contribution is 5.42. The highest BCUT2D eigenvalue weighted by atomic mass is 14.0. The predicted octanol–water partition coefficient (Wildman–Crippen LogP) is 4.98. The van der Waals surface area contributed by atoms with Gasteiger partial charge in [-0.1, -0.05) is 55.5 Å². The monoisotopic (exact) mass is 202 g/mol. The summed E-state index contributed by atoms with van der Waals surface area (Å²) in [5.41, 5.74) is 3.80. The molecular weight excluding hydrogens is 180 g/mol. The van der Waals surface area contributed by atoms with Gasteiger partial charge in [-0.3, -0.25) is 0 Å². The normalized spacial score (nSPS) is 14.8. The number of rotatable bonds is 5. The van der Waals surface area contributed by atoms with Crippen molar-refractivity contribution in [2.45, 2.75) is 34.1 Å². The lowest BCUT2D eigenvalue weighted by atomic mass is 10.0. The van der Waals surface area contributed by atoms with Crippen LogP contribution in [0.4, 0.5) is 0 Å². The third kappa shape index (κ3) is 5.21. The Balaban J connectivity index is 5.19. The molecule has 0 heterocycles. The van der Waals surface area contributed by atoms with Gasteiger partial charge >= 0.3 is 0 Å². The lowest BCUT2D eigenvalue weighted by Gasteiger charge is -2.03. The van der Waals surface area contributed by atoms with E-state index in [1.165, 1.54) is 16.7 Å². The number of allylic oxidation sites excluding steroid dienone is 9. The smallest absolute Gasteiger partial charge is 0.0228 e. The van der Waals surface area contributed by atoms with E-state index in [0.29, 0.717) is 0 Å². The molecule has 15 heavy (non-hydrogen) atoms. The van der Waals surface area contributed by atoms with Gasteiger partial charge in [0.15, 0.2) is 0 Å². The van der Waals surface area contributed by atoms with Crippen LogP contribution in [0.15, 0.2) is 59.8 Å². The van der Waals surface area contributed by atoms with Crippen molar-refractivity contribution in [3.8, 4) is 0 Å². The van der Waals surface area contributed by atoms with Crippen LogP contribution in [0.3, 0.4) is 0 Å². The molecule has 0 aliphatic rings. The maximum absolute atomic E-state index is 3.86. The Morgan fingerprint density at radius 3 is 2.13 bits per heavy atom. The first-order valence-electron chi connectivity index (χ1n) is 5.48. The number of hydrogen-bond acceptors (Lipinski definition) is 0. The van der Waals surface area contributed by atoms with E-state index in [-0.39, 0.29) is 0 Å². The van der Waals surface area contributed by atoms with Crippen LogP contribution in [0, 0.1) is 0 Å². The van der Waals surface area contributed by atoms with Crippen LogP contribution < -0.4 is 0 Å². The minimum atomic E-state index is 1.03. The zero-order valence-corrected chi connectivity index (χ0v) is 10.4. The average molecular weight is 202 g/mol. The summed E-state index contributed by atoms with van der Waals surface area (Å²) in [5.74, 6) is 0. The molecule has 0 N–H and O–H groups in total. The Hall–Kier alpha value is -1.30. The van der Waals surface area contributed by atoms with Crippen LogP contribution in [0.1, 0.15) is 34.1 Å². The van der Waals surface area contributed by atoms with Crippen molar-refractivity contribution in [3.05, 3.63) is 59.8 Å². The highest BCUT2D eigenvalue weighted by Gasteiger charge is 1.95. The van der Waals surface area contributed by atoms with E-state index in [2.05, 4.69) is 44.7 Å². The second-order valence-corrected chi connectivity index (χ2v) is 3.43. The molecule has 0 aromatic rings. The zero-order valence-electron chi connectivity index (χ0n) is 10.4. The standard InChI is InChI=1S/C15H22/c1-6-10-13(5)12-15(9-4)14(8-3)11-7-2/h6-7,9-12H,4,8H2,1-3,5H3. The molecule has 0 heteroatoms. The molecule has 0 saturated carbocycles. The molecule has 0 aromatic heterocycles. The summed E-state index contributed by atoms with van der Waals surface area (Å²) in [6, 6.07) is 0. The molecule has 0 rings (SSSR count). The van der Waals surface area contributed by atoms with E-state index < -0.39 is 0 Å². The van der Waals surface area contributed by atoms with E-state index in [1.807, 2.05) is 26.0 Å². The molecule has 0 nitrogen and oxygen atoms in total. The summed E-state index contributed by atoms with van der Waals surface area (Å²) in [5, 5.41) is 0. The maximum atomic E-state index is 3.86. The van der Waals surface area contributed by atoms with E-state index in [0.717, 1.165) is 6.42 Å². The van der Waals surface area contributed by atoms with Crippen LogP contribution in [0.25, 0.3) is 0 Å². The molecule has 0 radical (unpaired) electrons. The molecule has 0 amide bonds. The molecule has 0 atom stereocenters. The average Bonchev–Trinajstić information content (AvgIpc) is 2.23. The Bertz CT molecular complexity index is 309. The van der Waals surface area contributed by atoms with Gasteiger partial charge in [0.05, 0.1) is 0 Å². The Kier molecular flexibility index (Phi) is 7.35. The first-order valence-corrected chi connectivity index (χ1v) is 5.48. The first-order chi connectivity index (χ1) is 7.19. The summed E-state index contributed by atoms with van der Waals surface area (Å²) < 4.78 is 0. The minimum Gasteiger partial charge on any atom is -0.0985 e. The molecule has 0 spiro atoms. The van der Waals surface area contributed by atoms with Crippen LogP contribution in [-0.4, -0.2) is 0 Å². The van der Waals surface area contributed by atoms with E-state index in [1.54, 1.807) is 0 Å². The van der Waals surface area contributed by atoms with Crippen molar-refractivity contribution in [3.63, 3.8) is 0 Å². The lowest BCUT2D eigenvalue weighted by molar-refractivity contribution is 1.13. The zero-order chi connectivity index (χ0) is 11.7. The van der Waals surface area contributed by atoms with E-state index in [9.17, 15) is 0 Å². The number of hydrogen-bond donors (Lipinski definition) is 0. The third-order valence-corrected chi connectivity index (χ3v) is 2.15. The molecule has 0 aliphatic heterocycles. The van der Waals surface area contributed by atoms with Gasteiger partial charge in [0, 0.05) is 0 Å². The van der Waals surface area contributed by atoms with Crippen molar-refractivity contribution >= 4 is 0 Å². The van der Waals surface area contributed by atoms with Crippen LogP contribution >= 0.6 is 0 Å². The minimum absolute atomic E-state index is 1.03. The van der Waals surface area contributed by atoms with Crippen molar-refractivity contribution in [2.75, 3.05) is 0 Å². The summed E-state index contributed by atoms with van der Waals surface area (Å²) in [4.78, 5) is 0. The summed E-state index contributed by atoms with van der Waals surface area (Å²) >= 11 is 0. The van der Waals surface area contributed by atoms with Crippen molar-refractivity contribution < 1.29 is 0 Å². The fourth-order valence-electron chi connectivity index (χ4n) is 1.46. The summed E-state index contributed by atoms with van der Waals surface area (Å²) in [7, 11) is 0. The molecule has 0 bridgehead atoms. The van der Waals surface area contributed by atoms with Crippen molar-refractivity contribution in [2.24, 2.45) is 0 Å².